The van der Waals surface area contributed by atoms with Crippen molar-refractivity contribution >= 4 is 23.5 Å². The minimum absolute atomic E-state index is 0.212. The third-order valence-corrected chi connectivity index (χ3v) is 3.90. The van der Waals surface area contributed by atoms with Crippen LogP contribution in [-0.2, 0) is 9.53 Å². The van der Waals surface area contributed by atoms with Gasteiger partial charge in [-0.3, -0.25) is 9.59 Å². The van der Waals surface area contributed by atoms with Gasteiger partial charge >= 0.3 is 5.97 Å². The van der Waals surface area contributed by atoms with Crippen LogP contribution in [0.2, 0.25) is 0 Å². The van der Waals surface area contributed by atoms with Crippen LogP contribution in [0.3, 0.4) is 0 Å². The van der Waals surface area contributed by atoms with Crippen molar-refractivity contribution in [1.82, 2.24) is 0 Å². The molecule has 2 rings (SSSR count). The van der Waals surface area contributed by atoms with Gasteiger partial charge in [-0.1, -0.05) is 19.4 Å². The fraction of sp³-hybridized carbons (Fsp3) is 0.286. The molecule has 3 N–H and O–H groups in total. The van der Waals surface area contributed by atoms with Crippen molar-refractivity contribution in [3.63, 3.8) is 0 Å². The summed E-state index contributed by atoms with van der Waals surface area (Å²) in [4.78, 5) is 35.4. The molecule has 0 saturated heterocycles. The van der Waals surface area contributed by atoms with Crippen LogP contribution in [0.15, 0.2) is 42.5 Å². The maximum Gasteiger partial charge on any atom is 0.338 e. The van der Waals surface area contributed by atoms with Crippen molar-refractivity contribution < 1.29 is 23.9 Å². The highest BCUT2D eigenvalue weighted by Crippen LogP contribution is 2.20. The van der Waals surface area contributed by atoms with Gasteiger partial charge < -0.3 is 20.5 Å². The standard InChI is InChI=1S/C21H24N2O5/c1-3-4-11-27-21(26)15-6-8-16(9-7-15)23-19(24)13-28-18-12-14(2)5-10-17(18)20(22)25/h5-10,12H,3-4,11,13H2,1-2H3,(H2,22,25)(H,23,24). The van der Waals surface area contributed by atoms with Gasteiger partial charge in [0.05, 0.1) is 17.7 Å². The fourth-order valence-corrected chi connectivity index (χ4v) is 2.38. The molecular formula is C21H24N2O5. The van der Waals surface area contributed by atoms with Crippen LogP contribution in [-0.4, -0.2) is 31.0 Å². The van der Waals surface area contributed by atoms with E-state index in [2.05, 4.69) is 5.32 Å². The Labute approximate surface area is 163 Å². The summed E-state index contributed by atoms with van der Waals surface area (Å²) < 4.78 is 10.6. The summed E-state index contributed by atoms with van der Waals surface area (Å²) in [5.41, 5.74) is 7.33. The number of hydrogen-bond acceptors (Lipinski definition) is 5. The molecule has 0 aliphatic rings. The van der Waals surface area contributed by atoms with Gasteiger partial charge in [-0.2, -0.15) is 0 Å². The molecule has 7 heteroatoms. The fourth-order valence-electron chi connectivity index (χ4n) is 2.38. The molecule has 0 bridgehead atoms. The van der Waals surface area contributed by atoms with Gasteiger partial charge in [-0.15, -0.1) is 0 Å². The van der Waals surface area contributed by atoms with Gasteiger partial charge in [-0.05, 0) is 55.3 Å². The molecule has 0 heterocycles. The lowest BCUT2D eigenvalue weighted by atomic mass is 10.1. The first-order valence-corrected chi connectivity index (χ1v) is 9.01. The first kappa shape index (κ1) is 21.0. The summed E-state index contributed by atoms with van der Waals surface area (Å²) in [5.74, 6) is -1.17. The number of anilines is 1. The smallest absolute Gasteiger partial charge is 0.338 e. The van der Waals surface area contributed by atoms with Gasteiger partial charge in [-0.25, -0.2) is 4.79 Å². The number of carbonyl (C=O) groups is 3. The van der Waals surface area contributed by atoms with Crippen molar-refractivity contribution in [2.45, 2.75) is 26.7 Å². The maximum atomic E-state index is 12.1. The number of unbranched alkanes of at least 4 members (excludes halogenated alkanes) is 1. The Morgan fingerprint density at radius 3 is 2.43 bits per heavy atom. The summed E-state index contributed by atoms with van der Waals surface area (Å²) in [6, 6.07) is 11.3. The molecule has 0 unspecified atom stereocenters. The van der Waals surface area contributed by atoms with Crippen LogP contribution in [0.25, 0.3) is 0 Å². The van der Waals surface area contributed by atoms with Crippen molar-refractivity contribution in [1.29, 1.82) is 0 Å². The summed E-state index contributed by atoms with van der Waals surface area (Å²) >= 11 is 0. The Hall–Kier alpha value is -3.35. The Morgan fingerprint density at radius 1 is 1.07 bits per heavy atom. The molecule has 0 aliphatic heterocycles. The van der Waals surface area contributed by atoms with E-state index in [1.807, 2.05) is 13.8 Å². The number of aryl methyl sites for hydroxylation is 1. The van der Waals surface area contributed by atoms with E-state index in [9.17, 15) is 14.4 Å². The number of esters is 1. The number of hydrogen-bond donors (Lipinski definition) is 2. The lowest BCUT2D eigenvalue weighted by Gasteiger charge is -2.11. The Morgan fingerprint density at radius 2 is 1.79 bits per heavy atom. The number of rotatable bonds is 9. The van der Waals surface area contributed by atoms with Gasteiger partial charge in [0.15, 0.2) is 6.61 Å². The van der Waals surface area contributed by atoms with E-state index in [0.29, 0.717) is 17.9 Å². The van der Waals surface area contributed by atoms with Crippen LogP contribution in [0.1, 0.15) is 46.0 Å². The Bertz CT molecular complexity index is 846. The number of nitrogens with two attached hydrogens (primary N) is 1. The molecule has 2 aromatic carbocycles. The molecule has 0 radical (unpaired) electrons. The third-order valence-electron chi connectivity index (χ3n) is 3.90. The van der Waals surface area contributed by atoms with Crippen molar-refractivity contribution in [2.75, 3.05) is 18.5 Å². The van der Waals surface area contributed by atoms with Crippen LogP contribution >= 0.6 is 0 Å². The lowest BCUT2D eigenvalue weighted by Crippen LogP contribution is -2.21. The Balaban J connectivity index is 1.91. The minimum Gasteiger partial charge on any atom is -0.483 e. The van der Waals surface area contributed by atoms with E-state index in [1.165, 1.54) is 0 Å². The largest absolute Gasteiger partial charge is 0.483 e. The minimum atomic E-state index is -0.628. The first-order chi connectivity index (χ1) is 13.4. The van der Waals surface area contributed by atoms with Crippen LogP contribution < -0.4 is 15.8 Å². The van der Waals surface area contributed by atoms with Crippen molar-refractivity contribution in [2.24, 2.45) is 5.73 Å². The predicted octanol–water partition coefficient (Wildman–Crippen LogP) is 3.07. The Kier molecular flexibility index (Phi) is 7.56. The average molecular weight is 384 g/mol. The normalized spacial score (nSPS) is 10.2. The lowest BCUT2D eigenvalue weighted by molar-refractivity contribution is -0.118. The second-order valence-electron chi connectivity index (χ2n) is 6.27. The van der Waals surface area contributed by atoms with Crippen LogP contribution in [0, 0.1) is 6.92 Å². The number of amides is 2. The highest BCUT2D eigenvalue weighted by molar-refractivity contribution is 5.96. The van der Waals surface area contributed by atoms with E-state index >= 15 is 0 Å². The third kappa shape index (κ3) is 6.12. The molecule has 0 fully saturated rings. The molecule has 2 aromatic rings. The van der Waals surface area contributed by atoms with Crippen LogP contribution in [0.5, 0.6) is 5.75 Å². The predicted molar refractivity (Wildman–Crippen MR) is 105 cm³/mol. The highest BCUT2D eigenvalue weighted by atomic mass is 16.5. The van der Waals surface area contributed by atoms with Crippen molar-refractivity contribution in [3.8, 4) is 5.75 Å². The van der Waals surface area contributed by atoms with E-state index in [1.54, 1.807) is 42.5 Å². The zero-order valence-electron chi connectivity index (χ0n) is 16.0. The topological polar surface area (TPSA) is 108 Å². The zero-order valence-corrected chi connectivity index (χ0v) is 16.0. The quantitative estimate of drug-likeness (QED) is 0.510. The van der Waals surface area contributed by atoms with E-state index in [4.69, 9.17) is 15.2 Å². The molecule has 7 nitrogen and oxygen atoms in total. The van der Waals surface area contributed by atoms with Crippen molar-refractivity contribution in [3.05, 3.63) is 59.2 Å². The number of ether oxygens (including phenoxy) is 2. The maximum absolute atomic E-state index is 12.1. The summed E-state index contributed by atoms with van der Waals surface area (Å²) in [6.07, 6.45) is 1.77. The van der Waals surface area contributed by atoms with Gasteiger partial charge in [0.1, 0.15) is 5.75 Å². The number of benzene rings is 2. The number of primary amides is 1. The van der Waals surface area contributed by atoms with E-state index in [0.717, 1.165) is 18.4 Å². The molecule has 0 spiro atoms. The van der Waals surface area contributed by atoms with E-state index < -0.39 is 17.8 Å². The summed E-state index contributed by atoms with van der Waals surface area (Å²) in [5, 5.41) is 2.66. The molecule has 148 valence electrons. The molecule has 0 aliphatic carbocycles. The second kappa shape index (κ2) is 10.1. The second-order valence-corrected chi connectivity index (χ2v) is 6.27. The highest BCUT2D eigenvalue weighted by Gasteiger charge is 2.12. The van der Waals surface area contributed by atoms with Gasteiger partial charge in [0.2, 0.25) is 0 Å². The molecule has 28 heavy (non-hydrogen) atoms. The average Bonchev–Trinajstić information content (AvgIpc) is 2.67. The number of carbonyl (C=O) groups excluding carboxylic acids is 3. The monoisotopic (exact) mass is 384 g/mol. The zero-order chi connectivity index (χ0) is 20.5. The number of nitrogens with one attached hydrogen (secondary N) is 1. The van der Waals surface area contributed by atoms with Crippen LogP contribution in [0.4, 0.5) is 5.69 Å². The molecule has 2 amide bonds. The first-order valence-electron chi connectivity index (χ1n) is 9.01. The molecule has 0 saturated carbocycles. The molecular weight excluding hydrogens is 360 g/mol. The van der Waals surface area contributed by atoms with E-state index in [-0.39, 0.29) is 17.9 Å². The SMILES string of the molecule is CCCCOC(=O)c1ccc(NC(=O)COc2cc(C)ccc2C(N)=O)cc1. The molecule has 0 aromatic heterocycles. The summed E-state index contributed by atoms with van der Waals surface area (Å²) in [7, 11) is 0. The molecule has 0 atom stereocenters. The summed E-state index contributed by atoms with van der Waals surface area (Å²) in [6.45, 7) is 3.96. The van der Waals surface area contributed by atoms with Gasteiger partial charge in [0.25, 0.3) is 11.8 Å². The van der Waals surface area contributed by atoms with Gasteiger partial charge in [0, 0.05) is 5.69 Å².